The van der Waals surface area contributed by atoms with Gasteiger partial charge < -0.3 is 14.4 Å². The van der Waals surface area contributed by atoms with Crippen molar-refractivity contribution < 1.29 is 19.1 Å². The molecule has 24 heavy (non-hydrogen) atoms. The van der Waals surface area contributed by atoms with E-state index in [1.54, 1.807) is 11.8 Å². The Bertz CT molecular complexity index is 570. The maximum atomic E-state index is 12.4. The van der Waals surface area contributed by atoms with Crippen molar-refractivity contribution in [3.05, 3.63) is 29.8 Å². The average Bonchev–Trinajstić information content (AvgIpc) is 2.58. The van der Waals surface area contributed by atoms with Gasteiger partial charge in [-0.2, -0.15) is 0 Å². The summed E-state index contributed by atoms with van der Waals surface area (Å²) in [6.07, 6.45) is 2.14. The summed E-state index contributed by atoms with van der Waals surface area (Å²) in [4.78, 5) is 26.0. The third-order valence-corrected chi connectivity index (χ3v) is 4.14. The van der Waals surface area contributed by atoms with Gasteiger partial charge in [-0.1, -0.05) is 32.0 Å². The minimum Gasteiger partial charge on any atom is -0.454 e. The van der Waals surface area contributed by atoms with E-state index in [2.05, 4.69) is 13.8 Å². The van der Waals surface area contributed by atoms with Crippen LogP contribution in [0, 0.1) is 5.92 Å². The number of amides is 1. The molecule has 0 fully saturated rings. The first kappa shape index (κ1) is 18.5. The van der Waals surface area contributed by atoms with Crippen LogP contribution in [0.5, 0.6) is 0 Å². The van der Waals surface area contributed by atoms with E-state index in [1.807, 2.05) is 24.3 Å². The fourth-order valence-electron chi connectivity index (χ4n) is 2.67. The third kappa shape index (κ3) is 5.06. The van der Waals surface area contributed by atoms with Crippen molar-refractivity contribution >= 4 is 17.6 Å². The lowest BCUT2D eigenvalue weighted by molar-refractivity contribution is -0.158. The fraction of sp³-hybridized carbons (Fsp3) is 0.579. The normalized spacial score (nSPS) is 15.1. The molecule has 1 atom stereocenters. The SMILES string of the molecule is CC(C)CCOC(C)C(=O)OCC(=O)N1CCCc2ccccc21. The van der Waals surface area contributed by atoms with Gasteiger partial charge >= 0.3 is 5.97 Å². The molecule has 0 radical (unpaired) electrons. The van der Waals surface area contributed by atoms with E-state index in [9.17, 15) is 9.59 Å². The highest BCUT2D eigenvalue weighted by Crippen LogP contribution is 2.26. The van der Waals surface area contributed by atoms with Gasteiger partial charge in [0.25, 0.3) is 5.91 Å². The van der Waals surface area contributed by atoms with Crippen LogP contribution in [0.25, 0.3) is 0 Å². The quantitative estimate of drug-likeness (QED) is 0.720. The summed E-state index contributed by atoms with van der Waals surface area (Å²) in [6, 6.07) is 7.86. The Labute approximate surface area is 143 Å². The summed E-state index contributed by atoms with van der Waals surface area (Å²) >= 11 is 0. The molecule has 1 aromatic carbocycles. The molecule has 2 rings (SSSR count). The first-order valence-electron chi connectivity index (χ1n) is 8.65. The van der Waals surface area contributed by atoms with Gasteiger partial charge in [0.15, 0.2) is 12.7 Å². The van der Waals surface area contributed by atoms with Gasteiger partial charge in [-0.05, 0) is 43.7 Å². The predicted molar refractivity (Wildman–Crippen MR) is 92.9 cm³/mol. The van der Waals surface area contributed by atoms with Crippen LogP contribution < -0.4 is 4.90 Å². The highest BCUT2D eigenvalue weighted by molar-refractivity contribution is 5.96. The lowest BCUT2D eigenvalue weighted by atomic mass is 10.0. The van der Waals surface area contributed by atoms with Crippen molar-refractivity contribution in [3.8, 4) is 0 Å². The van der Waals surface area contributed by atoms with Crippen molar-refractivity contribution in [2.75, 3.05) is 24.7 Å². The summed E-state index contributed by atoms with van der Waals surface area (Å²) in [5.74, 6) is -0.156. The number of esters is 1. The highest BCUT2D eigenvalue weighted by atomic mass is 16.6. The van der Waals surface area contributed by atoms with Gasteiger partial charge in [-0.25, -0.2) is 4.79 Å². The molecule has 0 bridgehead atoms. The Morgan fingerprint density at radius 1 is 1.21 bits per heavy atom. The average molecular weight is 333 g/mol. The molecule has 1 aliphatic heterocycles. The topological polar surface area (TPSA) is 55.8 Å². The second kappa shape index (κ2) is 8.83. The Morgan fingerprint density at radius 3 is 2.71 bits per heavy atom. The monoisotopic (exact) mass is 333 g/mol. The molecule has 0 aliphatic carbocycles. The van der Waals surface area contributed by atoms with Crippen LogP contribution in [-0.2, 0) is 25.5 Å². The van der Waals surface area contributed by atoms with Crippen molar-refractivity contribution in [3.63, 3.8) is 0 Å². The number of carbonyl (C=O) groups excluding carboxylic acids is 2. The largest absolute Gasteiger partial charge is 0.454 e. The molecule has 0 saturated carbocycles. The van der Waals surface area contributed by atoms with Crippen LogP contribution in [0.3, 0.4) is 0 Å². The van der Waals surface area contributed by atoms with Gasteiger partial charge in [0.1, 0.15) is 0 Å². The molecule has 0 saturated heterocycles. The zero-order valence-electron chi connectivity index (χ0n) is 14.8. The summed E-state index contributed by atoms with van der Waals surface area (Å²) in [5, 5.41) is 0. The molecule has 132 valence electrons. The van der Waals surface area contributed by atoms with Crippen LogP contribution in [-0.4, -0.2) is 37.7 Å². The molecule has 1 heterocycles. The van der Waals surface area contributed by atoms with E-state index in [1.165, 1.54) is 0 Å². The first-order chi connectivity index (χ1) is 11.5. The van der Waals surface area contributed by atoms with Crippen molar-refractivity contribution in [1.29, 1.82) is 0 Å². The Kier molecular flexibility index (Phi) is 6.79. The van der Waals surface area contributed by atoms with Crippen molar-refractivity contribution in [2.45, 2.75) is 46.1 Å². The molecule has 1 amide bonds. The van der Waals surface area contributed by atoms with E-state index >= 15 is 0 Å². The number of ether oxygens (including phenoxy) is 2. The number of anilines is 1. The van der Waals surface area contributed by atoms with Gasteiger partial charge in [-0.15, -0.1) is 0 Å². The number of carbonyl (C=O) groups is 2. The number of nitrogens with zero attached hydrogens (tertiary/aromatic N) is 1. The molecule has 1 aliphatic rings. The van der Waals surface area contributed by atoms with Crippen LogP contribution in [0.2, 0.25) is 0 Å². The molecular weight excluding hydrogens is 306 g/mol. The first-order valence-corrected chi connectivity index (χ1v) is 8.65. The summed E-state index contributed by atoms with van der Waals surface area (Å²) in [7, 11) is 0. The lowest BCUT2D eigenvalue weighted by Crippen LogP contribution is -2.39. The lowest BCUT2D eigenvalue weighted by Gasteiger charge is -2.29. The van der Waals surface area contributed by atoms with Crippen LogP contribution >= 0.6 is 0 Å². The van der Waals surface area contributed by atoms with Crippen molar-refractivity contribution in [1.82, 2.24) is 0 Å². The molecule has 1 aromatic rings. The van der Waals surface area contributed by atoms with Gasteiger partial charge in [0, 0.05) is 18.8 Å². The van der Waals surface area contributed by atoms with Crippen LogP contribution in [0.1, 0.15) is 39.2 Å². The highest BCUT2D eigenvalue weighted by Gasteiger charge is 2.24. The second-order valence-electron chi connectivity index (χ2n) is 6.58. The molecule has 0 N–H and O–H groups in total. The fourth-order valence-corrected chi connectivity index (χ4v) is 2.67. The minimum atomic E-state index is -0.648. The minimum absolute atomic E-state index is 0.190. The Morgan fingerprint density at radius 2 is 1.96 bits per heavy atom. The van der Waals surface area contributed by atoms with Gasteiger partial charge in [-0.3, -0.25) is 4.79 Å². The zero-order chi connectivity index (χ0) is 17.5. The molecule has 1 unspecified atom stereocenters. The third-order valence-electron chi connectivity index (χ3n) is 4.14. The van der Waals surface area contributed by atoms with E-state index in [4.69, 9.17) is 9.47 Å². The van der Waals surface area contributed by atoms with E-state index < -0.39 is 12.1 Å². The van der Waals surface area contributed by atoms with E-state index in [0.29, 0.717) is 19.1 Å². The van der Waals surface area contributed by atoms with Crippen LogP contribution in [0.15, 0.2) is 24.3 Å². The number of hydrogen-bond donors (Lipinski definition) is 0. The molecule has 5 heteroatoms. The summed E-state index contributed by atoms with van der Waals surface area (Å²) in [5.41, 5.74) is 2.08. The predicted octanol–water partition coefficient (Wildman–Crippen LogP) is 2.96. The van der Waals surface area contributed by atoms with Crippen LogP contribution in [0.4, 0.5) is 5.69 Å². The molecule has 0 spiro atoms. The zero-order valence-corrected chi connectivity index (χ0v) is 14.8. The van der Waals surface area contributed by atoms with Crippen molar-refractivity contribution in [2.24, 2.45) is 5.92 Å². The molecule has 5 nitrogen and oxygen atoms in total. The van der Waals surface area contributed by atoms with Gasteiger partial charge in [0.2, 0.25) is 0 Å². The maximum absolute atomic E-state index is 12.4. The number of benzene rings is 1. The summed E-state index contributed by atoms with van der Waals surface area (Å²) < 4.78 is 10.6. The maximum Gasteiger partial charge on any atom is 0.335 e. The van der Waals surface area contributed by atoms with E-state index in [0.717, 1.165) is 30.5 Å². The smallest absolute Gasteiger partial charge is 0.335 e. The molecular formula is C19H27NO4. The Hall–Kier alpha value is -1.88. The Balaban J connectivity index is 1.82. The van der Waals surface area contributed by atoms with E-state index in [-0.39, 0.29) is 12.5 Å². The standard InChI is InChI=1S/C19H27NO4/c1-14(2)10-12-23-15(3)19(22)24-13-18(21)20-11-6-8-16-7-4-5-9-17(16)20/h4-5,7,9,14-15H,6,8,10-13H2,1-3H3. The number of rotatable bonds is 7. The number of para-hydroxylation sites is 1. The number of fused-ring (bicyclic) bond motifs is 1. The second-order valence-corrected chi connectivity index (χ2v) is 6.58. The number of aryl methyl sites for hydroxylation is 1. The van der Waals surface area contributed by atoms with Gasteiger partial charge in [0.05, 0.1) is 0 Å². The summed E-state index contributed by atoms with van der Waals surface area (Å²) in [6.45, 7) is 6.78. The molecule has 0 aromatic heterocycles. The number of hydrogen-bond acceptors (Lipinski definition) is 4.